The highest BCUT2D eigenvalue weighted by Crippen LogP contribution is 2.06. The van der Waals surface area contributed by atoms with Crippen LogP contribution in [0.4, 0.5) is 0 Å². The highest BCUT2D eigenvalue weighted by Gasteiger charge is 2.25. The SMILES string of the molecule is NCCS(=O)(=O)N1CCS(=O)CC1. The summed E-state index contributed by atoms with van der Waals surface area (Å²) < 4.78 is 35.2. The minimum absolute atomic E-state index is 0.0143. The molecule has 0 aromatic carbocycles. The maximum atomic E-state index is 11.4. The Bertz CT molecular complexity index is 278. The molecule has 0 spiro atoms. The molecule has 0 aromatic heterocycles. The van der Waals surface area contributed by atoms with Crippen LogP contribution < -0.4 is 5.73 Å². The maximum absolute atomic E-state index is 11.4. The van der Waals surface area contributed by atoms with Crippen molar-refractivity contribution in [1.29, 1.82) is 0 Å². The molecule has 0 atom stereocenters. The summed E-state index contributed by atoms with van der Waals surface area (Å²) in [6.07, 6.45) is 0. The van der Waals surface area contributed by atoms with Crippen molar-refractivity contribution in [2.75, 3.05) is 36.9 Å². The Labute approximate surface area is 80.8 Å². The van der Waals surface area contributed by atoms with Crippen LogP contribution in [-0.2, 0) is 20.8 Å². The van der Waals surface area contributed by atoms with Crippen molar-refractivity contribution in [1.82, 2.24) is 4.31 Å². The van der Waals surface area contributed by atoms with Crippen molar-refractivity contribution < 1.29 is 12.6 Å². The van der Waals surface area contributed by atoms with Gasteiger partial charge in [0.2, 0.25) is 10.0 Å². The summed E-state index contributed by atoms with van der Waals surface area (Å²) in [5, 5.41) is 0. The molecule has 0 amide bonds. The first-order valence-corrected chi connectivity index (χ1v) is 7.19. The molecule has 0 saturated carbocycles. The standard InChI is InChI=1S/C6H14N2O3S2/c7-1-6-13(10,11)8-2-4-12(9)5-3-8/h1-7H2. The van der Waals surface area contributed by atoms with E-state index in [0.717, 1.165) is 0 Å². The first-order chi connectivity index (χ1) is 6.06. The number of rotatable bonds is 3. The van der Waals surface area contributed by atoms with Crippen LogP contribution in [0.2, 0.25) is 0 Å². The lowest BCUT2D eigenvalue weighted by Crippen LogP contribution is -2.43. The fourth-order valence-corrected chi connectivity index (χ4v) is 3.76. The quantitative estimate of drug-likeness (QED) is 0.624. The molecule has 1 saturated heterocycles. The summed E-state index contributed by atoms with van der Waals surface area (Å²) in [5.41, 5.74) is 5.18. The average molecular weight is 226 g/mol. The van der Waals surface area contributed by atoms with E-state index in [2.05, 4.69) is 0 Å². The molecule has 13 heavy (non-hydrogen) atoms. The second-order valence-corrected chi connectivity index (χ2v) is 6.64. The van der Waals surface area contributed by atoms with E-state index >= 15 is 0 Å². The van der Waals surface area contributed by atoms with Crippen LogP contribution in [-0.4, -0.2) is 53.8 Å². The van der Waals surface area contributed by atoms with Gasteiger partial charge in [0.05, 0.1) is 5.75 Å². The summed E-state index contributed by atoms with van der Waals surface area (Å²) in [6, 6.07) is 0. The molecule has 0 aliphatic carbocycles. The molecular weight excluding hydrogens is 212 g/mol. The average Bonchev–Trinajstić information content (AvgIpc) is 2.05. The Morgan fingerprint density at radius 2 is 1.85 bits per heavy atom. The van der Waals surface area contributed by atoms with Gasteiger partial charge in [-0.3, -0.25) is 4.21 Å². The number of sulfonamides is 1. The van der Waals surface area contributed by atoms with Crippen LogP contribution >= 0.6 is 0 Å². The lowest BCUT2D eigenvalue weighted by Gasteiger charge is -2.25. The minimum Gasteiger partial charge on any atom is -0.329 e. The predicted octanol–water partition coefficient (Wildman–Crippen LogP) is -1.66. The lowest BCUT2D eigenvalue weighted by atomic mass is 10.6. The van der Waals surface area contributed by atoms with E-state index in [9.17, 15) is 12.6 Å². The Kier molecular flexibility index (Phi) is 3.84. The zero-order valence-corrected chi connectivity index (χ0v) is 8.94. The number of hydrogen-bond acceptors (Lipinski definition) is 4. The van der Waals surface area contributed by atoms with Gasteiger partial charge in [0, 0.05) is 41.9 Å². The van der Waals surface area contributed by atoms with Crippen LogP contribution in [0.15, 0.2) is 0 Å². The van der Waals surface area contributed by atoms with Gasteiger partial charge in [-0.1, -0.05) is 0 Å². The monoisotopic (exact) mass is 226 g/mol. The molecule has 1 fully saturated rings. The van der Waals surface area contributed by atoms with E-state index in [-0.39, 0.29) is 12.3 Å². The van der Waals surface area contributed by atoms with Gasteiger partial charge in [0.1, 0.15) is 0 Å². The van der Waals surface area contributed by atoms with Crippen LogP contribution in [0.5, 0.6) is 0 Å². The molecule has 7 heteroatoms. The first-order valence-electron chi connectivity index (χ1n) is 4.09. The van der Waals surface area contributed by atoms with Gasteiger partial charge in [-0.25, -0.2) is 12.7 Å². The predicted molar refractivity (Wildman–Crippen MR) is 52.3 cm³/mol. The molecule has 2 N–H and O–H groups in total. The van der Waals surface area contributed by atoms with Gasteiger partial charge in [-0.15, -0.1) is 0 Å². The van der Waals surface area contributed by atoms with Crippen molar-refractivity contribution in [3.8, 4) is 0 Å². The second kappa shape index (κ2) is 4.50. The molecule has 0 radical (unpaired) electrons. The van der Waals surface area contributed by atoms with E-state index in [1.165, 1.54) is 4.31 Å². The highest BCUT2D eigenvalue weighted by atomic mass is 32.2. The third kappa shape index (κ3) is 3.01. The van der Waals surface area contributed by atoms with Crippen molar-refractivity contribution in [3.63, 3.8) is 0 Å². The van der Waals surface area contributed by atoms with E-state index in [0.29, 0.717) is 24.6 Å². The van der Waals surface area contributed by atoms with Gasteiger partial charge in [0.15, 0.2) is 0 Å². The molecule has 5 nitrogen and oxygen atoms in total. The van der Waals surface area contributed by atoms with Gasteiger partial charge < -0.3 is 5.73 Å². The second-order valence-electron chi connectivity index (χ2n) is 2.85. The molecule has 0 unspecified atom stereocenters. The summed E-state index contributed by atoms with van der Waals surface area (Å²) in [4.78, 5) is 0. The van der Waals surface area contributed by atoms with Crippen LogP contribution in [0, 0.1) is 0 Å². The summed E-state index contributed by atoms with van der Waals surface area (Å²) in [7, 11) is -4.02. The smallest absolute Gasteiger partial charge is 0.215 e. The lowest BCUT2D eigenvalue weighted by molar-refractivity contribution is 0.439. The molecule has 1 rings (SSSR count). The third-order valence-corrected chi connectivity index (χ3v) is 5.09. The molecule has 1 heterocycles. The van der Waals surface area contributed by atoms with E-state index in [1.807, 2.05) is 0 Å². The zero-order valence-electron chi connectivity index (χ0n) is 7.31. The molecule has 78 valence electrons. The first kappa shape index (κ1) is 11.1. The normalized spacial score (nSPS) is 21.9. The van der Waals surface area contributed by atoms with Crippen molar-refractivity contribution >= 4 is 20.8 Å². The van der Waals surface area contributed by atoms with Crippen LogP contribution in [0.1, 0.15) is 0 Å². The summed E-state index contributed by atoms with van der Waals surface area (Å²) in [6.45, 7) is 0.881. The van der Waals surface area contributed by atoms with Crippen molar-refractivity contribution in [2.45, 2.75) is 0 Å². The molecule has 1 aliphatic rings. The number of nitrogens with two attached hydrogens (primary N) is 1. The van der Waals surface area contributed by atoms with Gasteiger partial charge in [-0.05, 0) is 0 Å². The zero-order chi connectivity index (χ0) is 9.90. The molecule has 0 bridgehead atoms. The molecule has 0 aromatic rings. The Morgan fingerprint density at radius 3 is 2.31 bits per heavy atom. The highest BCUT2D eigenvalue weighted by molar-refractivity contribution is 7.89. The van der Waals surface area contributed by atoms with Crippen LogP contribution in [0.25, 0.3) is 0 Å². The van der Waals surface area contributed by atoms with E-state index in [4.69, 9.17) is 5.73 Å². The van der Waals surface area contributed by atoms with Gasteiger partial charge in [-0.2, -0.15) is 0 Å². The number of hydrogen-bond donors (Lipinski definition) is 1. The van der Waals surface area contributed by atoms with Gasteiger partial charge >= 0.3 is 0 Å². The van der Waals surface area contributed by atoms with E-state index < -0.39 is 20.8 Å². The summed E-state index contributed by atoms with van der Waals surface area (Å²) >= 11 is 0. The van der Waals surface area contributed by atoms with E-state index in [1.54, 1.807) is 0 Å². The van der Waals surface area contributed by atoms with Gasteiger partial charge in [0.25, 0.3) is 0 Å². The Balaban J connectivity index is 2.58. The van der Waals surface area contributed by atoms with Crippen LogP contribution in [0.3, 0.4) is 0 Å². The minimum atomic E-state index is -3.18. The Hall–Kier alpha value is 0.0200. The fourth-order valence-electron chi connectivity index (χ4n) is 1.18. The topological polar surface area (TPSA) is 80.5 Å². The largest absolute Gasteiger partial charge is 0.329 e. The summed E-state index contributed by atoms with van der Waals surface area (Å²) in [5.74, 6) is 0.882. The third-order valence-electron chi connectivity index (χ3n) is 1.91. The molecule has 1 aliphatic heterocycles. The van der Waals surface area contributed by atoms with Crippen molar-refractivity contribution in [3.05, 3.63) is 0 Å². The van der Waals surface area contributed by atoms with Crippen molar-refractivity contribution in [2.24, 2.45) is 5.73 Å². The Morgan fingerprint density at radius 1 is 1.31 bits per heavy atom. The molecular formula is C6H14N2O3S2. The fraction of sp³-hybridized carbons (Fsp3) is 1.00. The maximum Gasteiger partial charge on any atom is 0.215 e. The number of nitrogens with zero attached hydrogens (tertiary/aromatic N) is 1.